The number of aliphatic carboxylic acids is 1. The first-order chi connectivity index (χ1) is 7.16. The third-order valence-corrected chi connectivity index (χ3v) is 2.54. The molecule has 1 aromatic heterocycles. The van der Waals surface area contributed by atoms with E-state index in [1.165, 1.54) is 0 Å². The van der Waals surface area contributed by atoms with E-state index < -0.39 is 12.1 Å². The Hall–Kier alpha value is -1.40. The fourth-order valence-corrected chi connectivity index (χ4v) is 1.70. The smallest absolute Gasteiger partial charge is 0.333 e. The van der Waals surface area contributed by atoms with E-state index in [0.717, 1.165) is 18.9 Å². The molecule has 0 spiro atoms. The van der Waals surface area contributed by atoms with Crippen LogP contribution in [0, 0.1) is 0 Å². The molecule has 0 saturated carbocycles. The molecule has 1 aliphatic rings. The maximum Gasteiger partial charge on any atom is 0.333 e. The summed E-state index contributed by atoms with van der Waals surface area (Å²) in [6.07, 6.45) is 2.32. The van der Waals surface area contributed by atoms with Gasteiger partial charge in [-0.3, -0.25) is 4.90 Å². The van der Waals surface area contributed by atoms with Gasteiger partial charge in [-0.05, 0) is 0 Å². The van der Waals surface area contributed by atoms with Crippen molar-refractivity contribution in [3.63, 3.8) is 0 Å². The van der Waals surface area contributed by atoms with Crippen molar-refractivity contribution in [1.82, 2.24) is 14.5 Å². The van der Waals surface area contributed by atoms with Crippen molar-refractivity contribution in [3.8, 4) is 0 Å². The van der Waals surface area contributed by atoms with Gasteiger partial charge in [-0.15, -0.1) is 0 Å². The molecule has 1 aliphatic heterocycles. The van der Waals surface area contributed by atoms with Crippen LogP contribution >= 0.6 is 0 Å². The van der Waals surface area contributed by atoms with Crippen LogP contribution in [0.2, 0.25) is 0 Å². The minimum absolute atomic E-state index is 0.155. The highest BCUT2D eigenvalue weighted by atomic mass is 16.4. The lowest BCUT2D eigenvalue weighted by atomic mass is 10.3. The van der Waals surface area contributed by atoms with Crippen LogP contribution < -0.4 is 0 Å². The number of aromatic nitrogens is 2. The topological polar surface area (TPSA) is 78.6 Å². The van der Waals surface area contributed by atoms with Crippen LogP contribution in [0.15, 0.2) is 12.4 Å². The van der Waals surface area contributed by atoms with E-state index in [0.29, 0.717) is 6.54 Å². The van der Waals surface area contributed by atoms with Gasteiger partial charge in [0.25, 0.3) is 0 Å². The minimum atomic E-state index is -1.31. The number of aliphatic hydroxyl groups is 1. The molecule has 0 radical (unpaired) electrons. The number of hydrogen-bond acceptors (Lipinski definition) is 4. The highest BCUT2D eigenvalue weighted by Crippen LogP contribution is 2.10. The third kappa shape index (κ3) is 2.16. The van der Waals surface area contributed by atoms with Crippen LogP contribution in [0.5, 0.6) is 0 Å². The summed E-state index contributed by atoms with van der Waals surface area (Å²) < 4.78 is 2.03. The van der Waals surface area contributed by atoms with Crippen molar-refractivity contribution in [2.75, 3.05) is 13.1 Å². The van der Waals surface area contributed by atoms with E-state index in [1.54, 1.807) is 6.20 Å². The average Bonchev–Trinajstić information content (AvgIpc) is 2.64. The first-order valence-corrected chi connectivity index (χ1v) is 4.80. The monoisotopic (exact) mass is 211 g/mol. The summed E-state index contributed by atoms with van der Waals surface area (Å²) in [7, 11) is 0. The highest BCUT2D eigenvalue weighted by molar-refractivity contribution is 5.72. The van der Waals surface area contributed by atoms with Gasteiger partial charge in [0.2, 0.25) is 0 Å². The van der Waals surface area contributed by atoms with Gasteiger partial charge >= 0.3 is 5.97 Å². The van der Waals surface area contributed by atoms with E-state index in [2.05, 4.69) is 4.98 Å². The van der Waals surface area contributed by atoms with Crippen LogP contribution in [0.3, 0.4) is 0 Å². The van der Waals surface area contributed by atoms with Gasteiger partial charge in [0.1, 0.15) is 5.82 Å². The quantitative estimate of drug-likeness (QED) is 0.680. The molecule has 0 aliphatic carbocycles. The van der Waals surface area contributed by atoms with Gasteiger partial charge in [-0.2, -0.15) is 0 Å². The molecule has 0 amide bonds. The second-order valence-corrected chi connectivity index (χ2v) is 3.63. The predicted molar refractivity (Wildman–Crippen MR) is 51.1 cm³/mol. The highest BCUT2D eigenvalue weighted by Gasteiger charge is 2.22. The molecule has 0 bridgehead atoms. The summed E-state index contributed by atoms with van der Waals surface area (Å²) in [5.74, 6) is -0.261. The Kier molecular flexibility index (Phi) is 2.70. The van der Waals surface area contributed by atoms with Crippen LogP contribution in [-0.4, -0.2) is 49.8 Å². The van der Waals surface area contributed by atoms with E-state index >= 15 is 0 Å². The van der Waals surface area contributed by atoms with E-state index in [4.69, 9.17) is 5.11 Å². The number of rotatable bonds is 3. The van der Waals surface area contributed by atoms with Gasteiger partial charge in [-0.25, -0.2) is 9.78 Å². The lowest BCUT2D eigenvalue weighted by Crippen LogP contribution is -2.41. The summed E-state index contributed by atoms with van der Waals surface area (Å²) in [6.45, 7) is 2.29. The summed E-state index contributed by atoms with van der Waals surface area (Å²) in [4.78, 5) is 16.5. The lowest BCUT2D eigenvalue weighted by molar-refractivity contribution is -0.147. The Bertz CT molecular complexity index is 363. The van der Waals surface area contributed by atoms with E-state index in [9.17, 15) is 9.90 Å². The third-order valence-electron chi connectivity index (χ3n) is 2.54. The Morgan fingerprint density at radius 1 is 1.60 bits per heavy atom. The number of aliphatic hydroxyl groups excluding tert-OH is 1. The summed E-state index contributed by atoms with van der Waals surface area (Å²) in [5, 5.41) is 17.8. The first-order valence-electron chi connectivity index (χ1n) is 4.80. The molecule has 1 aromatic rings. The van der Waals surface area contributed by atoms with Gasteiger partial charge in [0.05, 0.1) is 6.54 Å². The van der Waals surface area contributed by atoms with Crippen LogP contribution in [0.4, 0.5) is 0 Å². The molecule has 6 nitrogen and oxygen atoms in total. The maximum atomic E-state index is 10.5. The zero-order chi connectivity index (χ0) is 10.8. The standard InChI is InChI=1S/C9H13N3O3/c13-7(9(14)15)5-11-3-4-12-2-1-10-8(12)6-11/h1-2,7,13H,3-6H2,(H,14,15). The minimum Gasteiger partial charge on any atom is -0.479 e. The molecule has 1 atom stereocenters. The van der Waals surface area contributed by atoms with Crippen molar-refractivity contribution < 1.29 is 15.0 Å². The van der Waals surface area contributed by atoms with E-state index in [1.807, 2.05) is 15.7 Å². The van der Waals surface area contributed by atoms with Crippen molar-refractivity contribution in [3.05, 3.63) is 18.2 Å². The Morgan fingerprint density at radius 3 is 3.13 bits per heavy atom. The Balaban J connectivity index is 1.95. The predicted octanol–water partition coefficient (Wildman–Crippen LogP) is -0.856. The van der Waals surface area contributed by atoms with Gasteiger partial charge in [0.15, 0.2) is 6.10 Å². The van der Waals surface area contributed by atoms with E-state index in [-0.39, 0.29) is 6.54 Å². The van der Waals surface area contributed by atoms with Crippen LogP contribution in [-0.2, 0) is 17.9 Å². The number of β-amino-alcohol motifs (C(OH)–C–C–N with tert-alkyl or cyclic N) is 1. The first kappa shape index (κ1) is 10.1. The number of carbonyl (C=O) groups is 1. The normalized spacial score (nSPS) is 18.5. The van der Waals surface area contributed by atoms with Crippen molar-refractivity contribution in [2.24, 2.45) is 0 Å². The fourth-order valence-electron chi connectivity index (χ4n) is 1.70. The molecule has 6 heteroatoms. The molecule has 0 fully saturated rings. The number of carboxylic acid groups (broad SMARTS) is 1. The molecular weight excluding hydrogens is 198 g/mol. The molecule has 15 heavy (non-hydrogen) atoms. The number of carboxylic acids is 1. The summed E-state index contributed by atoms with van der Waals surface area (Å²) in [6, 6.07) is 0. The maximum absolute atomic E-state index is 10.5. The molecule has 0 aromatic carbocycles. The largest absolute Gasteiger partial charge is 0.479 e. The second kappa shape index (κ2) is 4.00. The SMILES string of the molecule is O=C(O)C(O)CN1CCn2ccnc2C1. The molecule has 2 heterocycles. The zero-order valence-electron chi connectivity index (χ0n) is 8.20. The zero-order valence-corrected chi connectivity index (χ0v) is 8.20. The van der Waals surface area contributed by atoms with Crippen LogP contribution in [0.1, 0.15) is 5.82 Å². The Labute approximate surface area is 86.8 Å². The molecule has 2 rings (SSSR count). The second-order valence-electron chi connectivity index (χ2n) is 3.63. The van der Waals surface area contributed by atoms with Crippen molar-refractivity contribution in [1.29, 1.82) is 0 Å². The van der Waals surface area contributed by atoms with Gasteiger partial charge in [0, 0.05) is 32.0 Å². The number of fused-ring (bicyclic) bond motifs is 1. The van der Waals surface area contributed by atoms with Crippen LogP contribution in [0.25, 0.3) is 0 Å². The molecule has 2 N–H and O–H groups in total. The molecule has 82 valence electrons. The van der Waals surface area contributed by atoms with Crippen molar-refractivity contribution in [2.45, 2.75) is 19.2 Å². The number of nitrogens with zero attached hydrogens (tertiary/aromatic N) is 3. The summed E-state index contributed by atoms with van der Waals surface area (Å²) in [5.41, 5.74) is 0. The average molecular weight is 211 g/mol. The van der Waals surface area contributed by atoms with Gasteiger partial charge < -0.3 is 14.8 Å². The molecule has 1 unspecified atom stereocenters. The lowest BCUT2D eigenvalue weighted by Gasteiger charge is -2.28. The van der Waals surface area contributed by atoms with Crippen molar-refractivity contribution >= 4 is 5.97 Å². The number of imidazole rings is 1. The van der Waals surface area contributed by atoms with Gasteiger partial charge in [-0.1, -0.05) is 0 Å². The molecule has 0 saturated heterocycles. The Morgan fingerprint density at radius 2 is 2.40 bits per heavy atom. The number of hydrogen-bond donors (Lipinski definition) is 2. The molecular formula is C9H13N3O3. The summed E-state index contributed by atoms with van der Waals surface area (Å²) >= 11 is 0. The fraction of sp³-hybridized carbons (Fsp3) is 0.556.